The zero-order valence-electron chi connectivity index (χ0n) is 19.7. The van der Waals surface area contributed by atoms with Gasteiger partial charge < -0.3 is 19.6 Å². The number of aromatic nitrogens is 2. The molecule has 0 saturated carbocycles. The van der Waals surface area contributed by atoms with Crippen molar-refractivity contribution in [1.29, 1.82) is 0 Å². The third-order valence-electron chi connectivity index (χ3n) is 5.78. The van der Waals surface area contributed by atoms with Crippen LogP contribution < -0.4 is 4.74 Å². The van der Waals surface area contributed by atoms with Crippen LogP contribution in [0, 0.1) is 0 Å². The average Bonchev–Trinajstić information content (AvgIpc) is 3.27. The predicted molar refractivity (Wildman–Crippen MR) is 138 cm³/mol. The second-order valence-electron chi connectivity index (χ2n) is 8.23. The van der Waals surface area contributed by atoms with Gasteiger partial charge in [-0.15, -0.1) is 13.2 Å². The van der Waals surface area contributed by atoms with Gasteiger partial charge in [-0.3, -0.25) is 0 Å². The zero-order chi connectivity index (χ0) is 27.7. The molecule has 0 bridgehead atoms. The van der Waals surface area contributed by atoms with Crippen molar-refractivity contribution in [1.82, 2.24) is 9.97 Å². The highest BCUT2D eigenvalue weighted by Gasteiger charge is 2.33. The van der Waals surface area contributed by atoms with E-state index in [4.69, 9.17) is 27.9 Å². The van der Waals surface area contributed by atoms with Crippen LogP contribution in [0.1, 0.15) is 17.3 Å². The maximum Gasteiger partial charge on any atom is 0.573 e. The van der Waals surface area contributed by atoms with E-state index in [0.717, 1.165) is 6.07 Å². The van der Waals surface area contributed by atoms with Gasteiger partial charge in [0, 0.05) is 18.2 Å². The summed E-state index contributed by atoms with van der Waals surface area (Å²) in [5.41, 5.74) is 1.31. The molecule has 1 atom stereocenters. The second-order valence-corrected chi connectivity index (χ2v) is 11.1. The number of para-hydroxylation sites is 1. The highest BCUT2D eigenvalue weighted by molar-refractivity contribution is 7.91. The number of methoxy groups -OCH3 is 1. The van der Waals surface area contributed by atoms with Gasteiger partial charge in [-0.2, -0.15) is 0 Å². The van der Waals surface area contributed by atoms with E-state index in [1.807, 2.05) is 0 Å². The number of benzene rings is 3. The predicted octanol–water partition coefficient (Wildman–Crippen LogP) is 5.98. The number of imidazole rings is 1. The fourth-order valence-corrected chi connectivity index (χ4v) is 5.84. The first-order valence-electron chi connectivity index (χ1n) is 11.1. The van der Waals surface area contributed by atoms with Crippen molar-refractivity contribution < 1.29 is 36.2 Å². The van der Waals surface area contributed by atoms with Crippen molar-refractivity contribution in [2.45, 2.75) is 17.2 Å². The van der Waals surface area contributed by atoms with Gasteiger partial charge >= 0.3 is 6.36 Å². The van der Waals surface area contributed by atoms with Crippen LogP contribution in [-0.2, 0) is 14.6 Å². The minimum Gasteiger partial charge on any atom is -0.405 e. The van der Waals surface area contributed by atoms with Crippen molar-refractivity contribution in [2.24, 2.45) is 0 Å². The van der Waals surface area contributed by atoms with E-state index in [2.05, 4.69) is 14.7 Å². The first-order valence-corrected chi connectivity index (χ1v) is 13.5. The van der Waals surface area contributed by atoms with Crippen molar-refractivity contribution in [3.05, 3.63) is 76.0 Å². The Bertz CT molecular complexity index is 1560. The summed E-state index contributed by atoms with van der Waals surface area (Å²) in [5, 5.41) is 10.2. The van der Waals surface area contributed by atoms with E-state index >= 15 is 0 Å². The molecule has 202 valence electrons. The van der Waals surface area contributed by atoms with Gasteiger partial charge in [-0.05, 0) is 29.8 Å². The SMILES string of the molecule is COCCS(=O)(=O)c1ccc(C(CO)c2nc3c(Cl)c(-c4ccccc4OC(F)(F)F)c(Cl)cc3[nH]2)cc1. The number of fused-ring (bicyclic) bond motifs is 1. The number of H-pyrrole nitrogens is 1. The van der Waals surface area contributed by atoms with Gasteiger partial charge in [0.15, 0.2) is 9.84 Å². The molecule has 4 rings (SSSR count). The monoisotopic (exact) mass is 588 g/mol. The summed E-state index contributed by atoms with van der Waals surface area (Å²) in [4.78, 5) is 7.65. The molecule has 0 spiro atoms. The summed E-state index contributed by atoms with van der Waals surface area (Å²) in [6.45, 7) is -0.323. The topological polar surface area (TPSA) is 102 Å². The lowest BCUT2D eigenvalue weighted by Crippen LogP contribution is -2.17. The van der Waals surface area contributed by atoms with E-state index in [0.29, 0.717) is 16.9 Å². The van der Waals surface area contributed by atoms with Crippen LogP contribution in [0.4, 0.5) is 13.2 Å². The van der Waals surface area contributed by atoms with Gasteiger partial charge in [0.1, 0.15) is 17.1 Å². The lowest BCUT2D eigenvalue weighted by atomic mass is 9.99. The number of halogens is 5. The summed E-state index contributed by atoms with van der Waals surface area (Å²) in [6, 6.07) is 12.9. The number of sulfone groups is 1. The van der Waals surface area contributed by atoms with Crippen LogP contribution in [0.25, 0.3) is 22.2 Å². The Morgan fingerprint density at radius 1 is 1.11 bits per heavy atom. The highest BCUT2D eigenvalue weighted by atomic mass is 35.5. The van der Waals surface area contributed by atoms with E-state index in [1.54, 1.807) is 12.1 Å². The molecule has 4 aromatic rings. The Morgan fingerprint density at radius 3 is 2.42 bits per heavy atom. The van der Waals surface area contributed by atoms with Crippen molar-refractivity contribution >= 4 is 44.1 Å². The number of ether oxygens (including phenoxy) is 2. The van der Waals surface area contributed by atoms with Crippen LogP contribution in [0.5, 0.6) is 5.75 Å². The molecule has 0 fully saturated rings. The molecule has 0 amide bonds. The first kappa shape index (κ1) is 28.2. The van der Waals surface area contributed by atoms with Gasteiger partial charge in [-0.25, -0.2) is 13.4 Å². The number of aliphatic hydroxyl groups is 1. The van der Waals surface area contributed by atoms with Gasteiger partial charge in [0.25, 0.3) is 0 Å². The molecular formula is C25H21Cl2F3N2O5S. The maximum atomic E-state index is 13.0. The highest BCUT2D eigenvalue weighted by Crippen LogP contribution is 2.44. The third-order valence-corrected chi connectivity index (χ3v) is 8.14. The molecular weight excluding hydrogens is 568 g/mol. The number of nitrogens with zero attached hydrogens (tertiary/aromatic N) is 1. The normalized spacial score (nSPS) is 13.1. The van der Waals surface area contributed by atoms with Crippen LogP contribution >= 0.6 is 23.2 Å². The minimum atomic E-state index is -4.92. The quantitative estimate of drug-likeness (QED) is 0.249. The van der Waals surface area contributed by atoms with E-state index in [1.165, 1.54) is 43.5 Å². The molecule has 7 nitrogen and oxygen atoms in total. The van der Waals surface area contributed by atoms with Crippen molar-refractivity contribution in [3.63, 3.8) is 0 Å². The number of aliphatic hydroxyl groups excluding tert-OH is 1. The fraction of sp³-hybridized carbons (Fsp3) is 0.240. The van der Waals surface area contributed by atoms with Crippen molar-refractivity contribution in [2.75, 3.05) is 26.1 Å². The number of rotatable bonds is 9. The molecule has 1 unspecified atom stereocenters. The fourth-order valence-electron chi connectivity index (χ4n) is 3.97. The summed E-state index contributed by atoms with van der Waals surface area (Å²) < 4.78 is 72.7. The molecule has 1 heterocycles. The molecule has 0 radical (unpaired) electrons. The van der Waals surface area contributed by atoms with Gasteiger partial charge in [0.05, 0.1) is 45.3 Å². The molecule has 3 aromatic carbocycles. The number of nitrogens with one attached hydrogen (secondary N) is 1. The third kappa shape index (κ3) is 5.92. The van der Waals surface area contributed by atoms with Crippen LogP contribution in [0.15, 0.2) is 59.5 Å². The zero-order valence-corrected chi connectivity index (χ0v) is 22.0. The molecule has 0 aliphatic carbocycles. The van der Waals surface area contributed by atoms with E-state index < -0.39 is 27.9 Å². The Kier molecular flexibility index (Phi) is 8.24. The molecule has 13 heteroatoms. The number of alkyl halides is 3. The average molecular weight is 589 g/mol. The number of aromatic amines is 1. The minimum absolute atomic E-state index is 0.00972. The Labute approximate surface area is 226 Å². The summed E-state index contributed by atoms with van der Waals surface area (Å²) in [6.07, 6.45) is -4.92. The standard InChI is InChI=1S/C25H21Cl2F3N2O5S/c1-36-10-11-38(34,35)15-8-6-14(7-9-15)17(13-33)24-31-19-12-18(26)21(22(27)23(19)32-24)16-4-2-3-5-20(16)37-25(28,29)30/h2-9,12,17,33H,10-11,13H2,1H3,(H,31,32). The second kappa shape index (κ2) is 11.1. The maximum absolute atomic E-state index is 13.0. The molecule has 0 aliphatic heterocycles. The Balaban J connectivity index is 1.74. The molecule has 0 saturated heterocycles. The first-order chi connectivity index (χ1) is 17.9. The smallest absolute Gasteiger partial charge is 0.405 e. The molecule has 2 N–H and O–H groups in total. The largest absolute Gasteiger partial charge is 0.573 e. The molecule has 38 heavy (non-hydrogen) atoms. The number of hydrogen-bond acceptors (Lipinski definition) is 6. The van der Waals surface area contributed by atoms with Gasteiger partial charge in [-0.1, -0.05) is 53.5 Å². The summed E-state index contributed by atoms with van der Waals surface area (Å²) in [5.74, 6) is -1.04. The van der Waals surface area contributed by atoms with Gasteiger partial charge in [0.2, 0.25) is 0 Å². The Morgan fingerprint density at radius 2 is 1.79 bits per heavy atom. The van der Waals surface area contributed by atoms with Crippen molar-refractivity contribution in [3.8, 4) is 16.9 Å². The van der Waals surface area contributed by atoms with Crippen LogP contribution in [0.3, 0.4) is 0 Å². The molecule has 0 aliphatic rings. The number of hydrogen-bond donors (Lipinski definition) is 2. The van der Waals surface area contributed by atoms with E-state index in [-0.39, 0.29) is 50.6 Å². The lowest BCUT2D eigenvalue weighted by Gasteiger charge is -2.15. The lowest BCUT2D eigenvalue weighted by molar-refractivity contribution is -0.274. The Hall–Kier alpha value is -2.83. The van der Waals surface area contributed by atoms with E-state index in [9.17, 15) is 26.7 Å². The summed E-state index contributed by atoms with van der Waals surface area (Å²) >= 11 is 13.0. The van der Waals surface area contributed by atoms with Crippen LogP contribution in [-0.4, -0.2) is 55.9 Å². The molecule has 1 aromatic heterocycles. The summed E-state index contributed by atoms with van der Waals surface area (Å²) in [7, 11) is -2.13. The van der Waals surface area contributed by atoms with Crippen LogP contribution in [0.2, 0.25) is 10.0 Å².